The topological polar surface area (TPSA) is 20.3 Å². The van der Waals surface area contributed by atoms with Crippen LogP contribution in [0.3, 0.4) is 0 Å². The van der Waals surface area contributed by atoms with Gasteiger partial charge < -0.3 is 4.90 Å². The van der Waals surface area contributed by atoms with E-state index in [1.807, 2.05) is 0 Å². The van der Waals surface area contributed by atoms with Crippen molar-refractivity contribution in [1.29, 1.82) is 0 Å². The van der Waals surface area contributed by atoms with Crippen LogP contribution < -0.4 is 0 Å². The molecule has 0 bridgehead atoms. The molecule has 15 heavy (non-hydrogen) atoms. The third kappa shape index (κ3) is 2.47. The molecule has 1 heterocycles. The summed E-state index contributed by atoms with van der Waals surface area (Å²) in [7, 11) is 0. The lowest BCUT2D eigenvalue weighted by molar-refractivity contribution is -0.141. The summed E-state index contributed by atoms with van der Waals surface area (Å²) in [5.41, 5.74) is 0. The molecule has 0 unspecified atom stereocenters. The van der Waals surface area contributed by atoms with Crippen LogP contribution in [0.5, 0.6) is 0 Å². The zero-order valence-electron chi connectivity index (χ0n) is 8.85. The number of rotatable bonds is 1. The Morgan fingerprint density at radius 1 is 1.13 bits per heavy atom. The molecule has 0 N–H and O–H groups in total. The quantitative estimate of drug-likeness (QED) is 0.660. The van der Waals surface area contributed by atoms with E-state index in [-0.39, 0.29) is 37.8 Å². The minimum atomic E-state index is -2.55. The first-order valence-electron chi connectivity index (χ1n) is 5.75. The van der Waals surface area contributed by atoms with Gasteiger partial charge in [-0.1, -0.05) is 12.8 Å². The molecule has 4 heteroatoms. The summed E-state index contributed by atoms with van der Waals surface area (Å²) in [6, 6.07) is 0. The molecule has 0 aromatic rings. The van der Waals surface area contributed by atoms with Gasteiger partial charge in [-0.05, 0) is 12.8 Å². The molecule has 86 valence electrons. The van der Waals surface area contributed by atoms with Crippen LogP contribution in [0.2, 0.25) is 0 Å². The number of halogens is 2. The predicted octanol–water partition coefficient (Wildman–Crippen LogP) is 2.43. The first kappa shape index (κ1) is 10.8. The van der Waals surface area contributed by atoms with Crippen LogP contribution in [-0.2, 0) is 4.79 Å². The fourth-order valence-electron chi connectivity index (χ4n) is 2.49. The second-order valence-electron chi connectivity index (χ2n) is 4.66. The first-order valence-corrected chi connectivity index (χ1v) is 5.75. The van der Waals surface area contributed by atoms with E-state index >= 15 is 0 Å². The maximum Gasteiger partial charge on any atom is 0.251 e. The lowest BCUT2D eigenvalue weighted by atomic mass is 10.0. The maximum atomic E-state index is 12.9. The molecule has 2 rings (SSSR count). The van der Waals surface area contributed by atoms with Crippen molar-refractivity contribution in [2.24, 2.45) is 5.92 Å². The molecule has 2 fully saturated rings. The third-order valence-corrected chi connectivity index (χ3v) is 3.51. The summed E-state index contributed by atoms with van der Waals surface area (Å²) in [6.45, 7) is 0.477. The van der Waals surface area contributed by atoms with Gasteiger partial charge in [0.25, 0.3) is 5.92 Å². The molecule has 0 aromatic carbocycles. The number of carbonyl (C=O) groups excluding carboxylic acids is 1. The minimum Gasteiger partial charge on any atom is -0.342 e. The Labute approximate surface area is 88.6 Å². The van der Waals surface area contributed by atoms with E-state index in [0.29, 0.717) is 0 Å². The van der Waals surface area contributed by atoms with Crippen LogP contribution in [-0.4, -0.2) is 29.8 Å². The SMILES string of the molecule is O=C(C1CCCC1)N1CCC(F)(F)CC1. The lowest BCUT2D eigenvalue weighted by Crippen LogP contribution is -2.44. The highest BCUT2D eigenvalue weighted by atomic mass is 19.3. The van der Waals surface area contributed by atoms with Gasteiger partial charge in [-0.3, -0.25) is 4.79 Å². The van der Waals surface area contributed by atoms with Crippen molar-refractivity contribution >= 4 is 5.91 Å². The van der Waals surface area contributed by atoms with Crippen LogP contribution in [0.25, 0.3) is 0 Å². The van der Waals surface area contributed by atoms with Gasteiger partial charge in [0.15, 0.2) is 0 Å². The first-order chi connectivity index (χ1) is 7.08. The summed E-state index contributed by atoms with van der Waals surface area (Å²) in [6.07, 6.45) is 3.80. The molecular formula is C11H17F2NO. The molecule has 1 amide bonds. The second-order valence-corrected chi connectivity index (χ2v) is 4.66. The van der Waals surface area contributed by atoms with E-state index in [2.05, 4.69) is 0 Å². The smallest absolute Gasteiger partial charge is 0.251 e. The van der Waals surface area contributed by atoms with E-state index in [1.54, 1.807) is 4.90 Å². The predicted molar refractivity (Wildman–Crippen MR) is 52.7 cm³/mol. The molecule has 0 spiro atoms. The molecule has 1 saturated carbocycles. The zero-order chi connectivity index (χ0) is 10.9. The molecule has 2 nitrogen and oxygen atoms in total. The Morgan fingerprint density at radius 3 is 2.20 bits per heavy atom. The van der Waals surface area contributed by atoms with Crippen molar-refractivity contribution in [2.75, 3.05) is 13.1 Å². The molecule has 2 aliphatic rings. The fraction of sp³-hybridized carbons (Fsp3) is 0.909. The molecule has 1 aliphatic heterocycles. The fourth-order valence-corrected chi connectivity index (χ4v) is 2.49. The van der Waals surface area contributed by atoms with Crippen molar-refractivity contribution in [3.05, 3.63) is 0 Å². The maximum absolute atomic E-state index is 12.9. The van der Waals surface area contributed by atoms with Gasteiger partial charge in [-0.15, -0.1) is 0 Å². The number of likely N-dealkylation sites (tertiary alicyclic amines) is 1. The van der Waals surface area contributed by atoms with Crippen LogP contribution in [0.4, 0.5) is 8.78 Å². The number of amides is 1. The number of hydrogen-bond acceptors (Lipinski definition) is 1. The minimum absolute atomic E-state index is 0.114. The van der Waals surface area contributed by atoms with Crippen LogP contribution >= 0.6 is 0 Å². The van der Waals surface area contributed by atoms with Gasteiger partial charge in [0.05, 0.1) is 0 Å². The molecular weight excluding hydrogens is 200 g/mol. The van der Waals surface area contributed by atoms with Crippen molar-refractivity contribution in [2.45, 2.75) is 44.4 Å². The molecule has 0 aromatic heterocycles. The average molecular weight is 217 g/mol. The summed E-state index contributed by atoms with van der Waals surface area (Å²) in [4.78, 5) is 13.5. The Morgan fingerprint density at radius 2 is 1.67 bits per heavy atom. The highest BCUT2D eigenvalue weighted by Crippen LogP contribution is 2.31. The van der Waals surface area contributed by atoms with Crippen LogP contribution in [0.15, 0.2) is 0 Å². The number of nitrogens with zero attached hydrogens (tertiary/aromatic N) is 1. The number of piperidine rings is 1. The molecule has 1 saturated heterocycles. The molecule has 1 aliphatic carbocycles. The van der Waals surface area contributed by atoms with Crippen molar-refractivity contribution in [1.82, 2.24) is 4.90 Å². The van der Waals surface area contributed by atoms with Crippen molar-refractivity contribution in [3.8, 4) is 0 Å². The van der Waals surface area contributed by atoms with E-state index in [9.17, 15) is 13.6 Å². The molecule has 0 atom stereocenters. The highest BCUT2D eigenvalue weighted by Gasteiger charge is 2.37. The van der Waals surface area contributed by atoms with Gasteiger partial charge in [0, 0.05) is 31.8 Å². The third-order valence-electron chi connectivity index (χ3n) is 3.51. The normalized spacial score (nSPS) is 26.9. The molecule has 0 radical (unpaired) electrons. The summed E-state index contributed by atoms with van der Waals surface area (Å²) in [5, 5.41) is 0. The Bertz CT molecular complexity index is 239. The Balaban J connectivity index is 1.87. The largest absolute Gasteiger partial charge is 0.342 e. The standard InChI is InChI=1S/C11H17F2NO/c12-11(13)5-7-14(8-6-11)10(15)9-3-1-2-4-9/h9H,1-8H2. The van der Waals surface area contributed by atoms with Crippen molar-refractivity contribution in [3.63, 3.8) is 0 Å². The number of carbonyl (C=O) groups is 1. The van der Waals surface area contributed by atoms with Crippen LogP contribution in [0.1, 0.15) is 38.5 Å². The Hall–Kier alpha value is -0.670. The monoisotopic (exact) mass is 217 g/mol. The van der Waals surface area contributed by atoms with E-state index in [4.69, 9.17) is 0 Å². The number of alkyl halides is 2. The second kappa shape index (κ2) is 4.06. The van der Waals surface area contributed by atoms with Gasteiger partial charge in [-0.25, -0.2) is 8.78 Å². The summed E-state index contributed by atoms with van der Waals surface area (Å²) >= 11 is 0. The van der Waals surface area contributed by atoms with Gasteiger partial charge >= 0.3 is 0 Å². The Kier molecular flexibility index (Phi) is 2.94. The average Bonchev–Trinajstić information content (AvgIpc) is 2.69. The van der Waals surface area contributed by atoms with E-state index < -0.39 is 5.92 Å². The van der Waals surface area contributed by atoms with E-state index in [1.165, 1.54) is 0 Å². The van der Waals surface area contributed by atoms with Crippen molar-refractivity contribution < 1.29 is 13.6 Å². The van der Waals surface area contributed by atoms with Crippen LogP contribution in [0, 0.1) is 5.92 Å². The zero-order valence-corrected chi connectivity index (χ0v) is 8.85. The highest BCUT2D eigenvalue weighted by molar-refractivity contribution is 5.79. The van der Waals surface area contributed by atoms with Gasteiger partial charge in [0.2, 0.25) is 5.91 Å². The summed E-state index contributed by atoms with van der Waals surface area (Å²) < 4.78 is 25.8. The number of hydrogen-bond donors (Lipinski definition) is 0. The van der Waals surface area contributed by atoms with Gasteiger partial charge in [-0.2, -0.15) is 0 Å². The van der Waals surface area contributed by atoms with E-state index in [0.717, 1.165) is 25.7 Å². The lowest BCUT2D eigenvalue weighted by Gasteiger charge is -2.33. The summed E-state index contributed by atoms with van der Waals surface area (Å²) in [5.74, 6) is -2.31. The van der Waals surface area contributed by atoms with Gasteiger partial charge in [0.1, 0.15) is 0 Å².